The maximum absolute atomic E-state index is 13.3. The summed E-state index contributed by atoms with van der Waals surface area (Å²) in [4.78, 5) is 0. The van der Waals surface area contributed by atoms with Gasteiger partial charge in [-0.05, 0) is 24.6 Å². The van der Waals surface area contributed by atoms with Crippen molar-refractivity contribution in [1.82, 2.24) is 5.32 Å². The first-order chi connectivity index (χ1) is 10.6. The summed E-state index contributed by atoms with van der Waals surface area (Å²) in [6, 6.07) is -0.715. The second-order valence-corrected chi connectivity index (χ2v) is 5.46. The molecule has 1 aromatic rings. The van der Waals surface area contributed by atoms with Crippen LogP contribution in [0.2, 0.25) is 0 Å². The predicted molar refractivity (Wildman–Crippen MR) is 68.1 cm³/mol. The summed E-state index contributed by atoms with van der Waals surface area (Å²) in [5.74, 6) is -0.589. The smallest absolute Gasteiger partial charge is 0.313 e. The van der Waals surface area contributed by atoms with Crippen LogP contribution in [0.3, 0.4) is 0 Å². The molecule has 138 valence electrons. The van der Waals surface area contributed by atoms with E-state index in [0.29, 0.717) is 6.07 Å². The van der Waals surface area contributed by atoms with Gasteiger partial charge in [-0.25, -0.2) is 0 Å². The Morgan fingerprint density at radius 1 is 0.750 bits per heavy atom. The van der Waals surface area contributed by atoms with Crippen molar-refractivity contribution in [3.8, 4) is 0 Å². The summed E-state index contributed by atoms with van der Waals surface area (Å²) in [5.41, 5.74) is -8.25. The molecule has 1 atom stereocenters. The molecule has 0 saturated carbocycles. The number of nitrogens with one attached hydrogen (secondary N) is 1. The van der Waals surface area contributed by atoms with Crippen molar-refractivity contribution in [1.29, 1.82) is 0 Å². The van der Waals surface area contributed by atoms with Gasteiger partial charge in [0.15, 0.2) is 0 Å². The summed E-state index contributed by atoms with van der Waals surface area (Å²) in [6.45, 7) is 2.87. The number of rotatable bonds is 3. The Balaban J connectivity index is 3.97. The van der Waals surface area contributed by atoms with Gasteiger partial charge >= 0.3 is 18.5 Å². The van der Waals surface area contributed by atoms with Gasteiger partial charge in [0.25, 0.3) is 0 Å². The maximum atomic E-state index is 13.3. The molecule has 0 aromatic heterocycles. The van der Waals surface area contributed by atoms with Gasteiger partial charge in [0.05, 0.1) is 16.7 Å². The van der Waals surface area contributed by atoms with Gasteiger partial charge in [0.2, 0.25) is 0 Å². The first-order valence-electron chi connectivity index (χ1n) is 6.68. The Bertz CT molecular complexity index is 582. The van der Waals surface area contributed by atoms with E-state index >= 15 is 0 Å². The molecule has 0 aliphatic heterocycles. The third-order valence-electron chi connectivity index (χ3n) is 3.42. The highest BCUT2D eigenvalue weighted by atomic mass is 19.4. The van der Waals surface area contributed by atoms with Crippen molar-refractivity contribution in [3.05, 3.63) is 34.4 Å². The molecule has 1 rings (SSSR count). The van der Waals surface area contributed by atoms with Crippen molar-refractivity contribution < 1.29 is 39.5 Å². The van der Waals surface area contributed by atoms with Crippen LogP contribution in [0.25, 0.3) is 0 Å². The average Bonchev–Trinajstić information content (AvgIpc) is 2.34. The van der Waals surface area contributed by atoms with Gasteiger partial charge < -0.3 is 5.32 Å². The van der Waals surface area contributed by atoms with Crippen molar-refractivity contribution in [2.24, 2.45) is 5.92 Å². The zero-order valence-corrected chi connectivity index (χ0v) is 12.7. The third-order valence-corrected chi connectivity index (χ3v) is 3.42. The number of benzene rings is 1. The van der Waals surface area contributed by atoms with Crippen molar-refractivity contribution >= 4 is 0 Å². The molecule has 0 fully saturated rings. The lowest BCUT2D eigenvalue weighted by Crippen LogP contribution is -2.29. The summed E-state index contributed by atoms with van der Waals surface area (Å²) in [7, 11) is 1.22. The minimum absolute atomic E-state index is 0.0418. The summed E-state index contributed by atoms with van der Waals surface area (Å²) >= 11 is 0. The zero-order valence-electron chi connectivity index (χ0n) is 12.7. The monoisotopic (exact) mass is 367 g/mol. The zero-order chi connectivity index (χ0) is 19.1. The molecule has 10 heteroatoms. The number of hydrogen-bond acceptors (Lipinski definition) is 1. The van der Waals surface area contributed by atoms with Crippen LogP contribution in [0.1, 0.15) is 42.1 Å². The Kier molecular flexibility index (Phi) is 5.54. The van der Waals surface area contributed by atoms with E-state index in [9.17, 15) is 39.5 Å². The topological polar surface area (TPSA) is 12.0 Å². The highest BCUT2D eigenvalue weighted by molar-refractivity contribution is 5.47. The molecular formula is C14H14F9N. The van der Waals surface area contributed by atoms with E-state index < -0.39 is 52.7 Å². The Morgan fingerprint density at radius 3 is 1.50 bits per heavy atom. The summed E-state index contributed by atoms with van der Waals surface area (Å²) in [5, 5.41) is 2.42. The number of alkyl halides is 9. The van der Waals surface area contributed by atoms with E-state index in [2.05, 4.69) is 5.32 Å². The fraction of sp³-hybridized carbons (Fsp3) is 0.571. The van der Waals surface area contributed by atoms with E-state index in [4.69, 9.17) is 0 Å². The predicted octanol–water partition coefficient (Wildman–Crippen LogP) is 5.66. The highest BCUT2D eigenvalue weighted by Crippen LogP contribution is 2.49. The fourth-order valence-corrected chi connectivity index (χ4v) is 2.56. The number of halogens is 9. The van der Waals surface area contributed by atoms with Crippen LogP contribution in [0.15, 0.2) is 12.1 Å². The first kappa shape index (κ1) is 20.6. The van der Waals surface area contributed by atoms with E-state index in [1.54, 1.807) is 0 Å². The van der Waals surface area contributed by atoms with Crippen LogP contribution in [-0.2, 0) is 18.5 Å². The SMILES string of the molecule is CNC(c1ccc(C(F)(F)F)c(C(F)(F)F)c1C(F)(F)F)C(C)C. The van der Waals surface area contributed by atoms with E-state index in [-0.39, 0.29) is 6.07 Å². The van der Waals surface area contributed by atoms with Crippen LogP contribution in [0.5, 0.6) is 0 Å². The quantitative estimate of drug-likeness (QED) is 0.680. The van der Waals surface area contributed by atoms with Crippen LogP contribution in [0.4, 0.5) is 39.5 Å². The molecule has 0 aliphatic carbocycles. The molecule has 0 amide bonds. The molecule has 0 saturated heterocycles. The van der Waals surface area contributed by atoms with E-state index in [1.165, 1.54) is 20.9 Å². The number of hydrogen-bond donors (Lipinski definition) is 1. The van der Waals surface area contributed by atoms with Crippen LogP contribution >= 0.6 is 0 Å². The molecule has 1 N–H and O–H groups in total. The lowest BCUT2D eigenvalue weighted by molar-refractivity contribution is -0.175. The van der Waals surface area contributed by atoms with Gasteiger partial charge in [0.1, 0.15) is 0 Å². The summed E-state index contributed by atoms with van der Waals surface area (Å²) < 4.78 is 118. The molecule has 0 spiro atoms. The molecule has 1 nitrogen and oxygen atoms in total. The molecule has 0 aliphatic rings. The van der Waals surface area contributed by atoms with Crippen LogP contribution < -0.4 is 5.32 Å². The van der Waals surface area contributed by atoms with E-state index in [0.717, 1.165) is 0 Å². The van der Waals surface area contributed by atoms with Gasteiger partial charge in [-0.1, -0.05) is 19.9 Å². The minimum atomic E-state index is -5.82. The van der Waals surface area contributed by atoms with Gasteiger partial charge in [-0.2, -0.15) is 39.5 Å². The maximum Gasteiger partial charge on any atom is 0.417 e. The fourth-order valence-electron chi connectivity index (χ4n) is 2.56. The second-order valence-electron chi connectivity index (χ2n) is 5.46. The normalized spacial score (nSPS) is 15.0. The van der Waals surface area contributed by atoms with Crippen LogP contribution in [0, 0.1) is 5.92 Å². The molecule has 1 unspecified atom stereocenters. The Morgan fingerprint density at radius 2 is 1.21 bits per heavy atom. The molecule has 0 bridgehead atoms. The van der Waals surface area contributed by atoms with E-state index in [1.807, 2.05) is 0 Å². The summed E-state index contributed by atoms with van der Waals surface area (Å²) in [6.07, 6.45) is -17.0. The standard InChI is InChI=1S/C14H14F9N/c1-6(2)11(24-3)7-4-5-8(12(15,16)17)10(14(21,22)23)9(7)13(18,19)20/h4-6,11,24H,1-3H3. The largest absolute Gasteiger partial charge is 0.417 e. The lowest BCUT2D eigenvalue weighted by atomic mass is 9.86. The highest BCUT2D eigenvalue weighted by Gasteiger charge is 2.51. The third kappa shape index (κ3) is 4.14. The lowest BCUT2D eigenvalue weighted by Gasteiger charge is -2.28. The van der Waals surface area contributed by atoms with Crippen molar-refractivity contribution in [3.63, 3.8) is 0 Å². The molecule has 0 radical (unpaired) electrons. The average molecular weight is 367 g/mol. The van der Waals surface area contributed by atoms with Crippen molar-refractivity contribution in [2.45, 2.75) is 38.4 Å². The van der Waals surface area contributed by atoms with Crippen LogP contribution in [-0.4, -0.2) is 7.05 Å². The van der Waals surface area contributed by atoms with Gasteiger partial charge in [0, 0.05) is 6.04 Å². The molecule has 1 aromatic carbocycles. The molecule has 0 heterocycles. The second kappa shape index (κ2) is 6.45. The van der Waals surface area contributed by atoms with Crippen molar-refractivity contribution in [2.75, 3.05) is 7.05 Å². The van der Waals surface area contributed by atoms with Gasteiger partial charge in [-0.15, -0.1) is 0 Å². The van der Waals surface area contributed by atoms with Gasteiger partial charge in [-0.3, -0.25) is 0 Å². The molecular weight excluding hydrogens is 353 g/mol. The molecule has 24 heavy (non-hydrogen) atoms. The first-order valence-corrected chi connectivity index (χ1v) is 6.68. The Labute approximate surface area is 131 Å². The Hall–Kier alpha value is -1.45. The minimum Gasteiger partial charge on any atom is -0.313 e.